The van der Waals surface area contributed by atoms with Crippen LogP contribution < -0.4 is 5.32 Å². The van der Waals surface area contributed by atoms with E-state index in [-0.39, 0.29) is 11.7 Å². The van der Waals surface area contributed by atoms with Crippen molar-refractivity contribution in [1.82, 2.24) is 10.3 Å². The van der Waals surface area contributed by atoms with E-state index in [2.05, 4.69) is 26.2 Å². The molecule has 0 atom stereocenters. The molecule has 5 heteroatoms. The number of halogens is 2. The number of amides is 1. The summed E-state index contributed by atoms with van der Waals surface area (Å²) in [5, 5.41) is 2.82. The number of aromatic nitrogens is 1. The van der Waals surface area contributed by atoms with Gasteiger partial charge in [-0.3, -0.25) is 4.79 Å². The Morgan fingerprint density at radius 1 is 1.17 bits per heavy atom. The van der Waals surface area contributed by atoms with Crippen molar-refractivity contribution in [2.45, 2.75) is 6.42 Å². The van der Waals surface area contributed by atoms with Gasteiger partial charge in [0.15, 0.2) is 0 Å². The minimum Gasteiger partial charge on any atom is -0.352 e. The van der Waals surface area contributed by atoms with E-state index in [1.807, 2.05) is 0 Å². The first-order valence-corrected chi connectivity index (χ1v) is 6.40. The van der Waals surface area contributed by atoms with Crippen LogP contribution in [0.25, 0.3) is 11.1 Å². The topological polar surface area (TPSA) is 44.9 Å². The zero-order valence-electron chi connectivity index (χ0n) is 9.39. The summed E-state index contributed by atoms with van der Waals surface area (Å²) < 4.78 is 13.7. The molecule has 2 N–H and O–H groups in total. The van der Waals surface area contributed by atoms with Gasteiger partial charge in [0.2, 0.25) is 0 Å². The highest BCUT2D eigenvalue weighted by Crippen LogP contribution is 2.35. The smallest absolute Gasteiger partial charge is 0.253 e. The fraction of sp³-hybridized carbons (Fsp3) is 0.154. The summed E-state index contributed by atoms with van der Waals surface area (Å²) >= 11 is 3.43. The second kappa shape index (κ2) is 4.24. The van der Waals surface area contributed by atoms with E-state index in [4.69, 9.17) is 0 Å². The minimum absolute atomic E-state index is 0.0856. The van der Waals surface area contributed by atoms with Crippen molar-refractivity contribution in [2.75, 3.05) is 6.54 Å². The van der Waals surface area contributed by atoms with E-state index in [1.54, 1.807) is 12.1 Å². The molecule has 3 nitrogen and oxygen atoms in total. The van der Waals surface area contributed by atoms with Crippen LogP contribution in [0.3, 0.4) is 0 Å². The van der Waals surface area contributed by atoms with E-state index < -0.39 is 0 Å². The predicted octanol–water partition coefficient (Wildman–Crippen LogP) is 2.87. The molecule has 0 aliphatic carbocycles. The molecule has 0 bridgehead atoms. The molecule has 0 saturated carbocycles. The van der Waals surface area contributed by atoms with E-state index in [0.29, 0.717) is 12.1 Å². The molecule has 0 spiro atoms. The van der Waals surface area contributed by atoms with Crippen LogP contribution in [0, 0.1) is 5.82 Å². The van der Waals surface area contributed by atoms with Crippen LogP contribution in [-0.4, -0.2) is 17.4 Å². The highest BCUT2D eigenvalue weighted by molar-refractivity contribution is 9.10. The van der Waals surface area contributed by atoms with Crippen LogP contribution in [0.15, 0.2) is 28.9 Å². The Morgan fingerprint density at radius 3 is 2.61 bits per heavy atom. The Labute approximate surface area is 112 Å². The number of fused-ring (bicyclic) bond motifs is 1. The summed E-state index contributed by atoms with van der Waals surface area (Å²) in [5.41, 5.74) is 3.18. The fourth-order valence-corrected chi connectivity index (χ4v) is 2.90. The third-order valence-electron chi connectivity index (χ3n) is 3.05. The van der Waals surface area contributed by atoms with Gasteiger partial charge in [-0.15, -0.1) is 0 Å². The number of carbonyl (C=O) groups excluding carboxylic acids is 1. The van der Waals surface area contributed by atoms with Crippen LogP contribution in [0.5, 0.6) is 0 Å². The Hall–Kier alpha value is -1.62. The molecule has 1 aliphatic heterocycles. The molecule has 0 fully saturated rings. The fourth-order valence-electron chi connectivity index (χ4n) is 2.23. The predicted molar refractivity (Wildman–Crippen MR) is 69.9 cm³/mol. The summed E-state index contributed by atoms with van der Waals surface area (Å²) in [6.07, 6.45) is 0.779. The van der Waals surface area contributed by atoms with Gasteiger partial charge >= 0.3 is 0 Å². The highest BCUT2D eigenvalue weighted by Gasteiger charge is 2.25. The number of nitrogens with one attached hydrogen (secondary N) is 2. The molecule has 3 rings (SSSR count). The highest BCUT2D eigenvalue weighted by atomic mass is 79.9. The lowest BCUT2D eigenvalue weighted by Crippen LogP contribution is -2.31. The Kier molecular flexibility index (Phi) is 2.70. The van der Waals surface area contributed by atoms with E-state index in [9.17, 15) is 9.18 Å². The lowest BCUT2D eigenvalue weighted by Gasteiger charge is -2.13. The molecule has 1 amide bonds. The van der Waals surface area contributed by atoms with Crippen LogP contribution in [0.2, 0.25) is 0 Å². The molecule has 1 aromatic carbocycles. The van der Waals surface area contributed by atoms with Gasteiger partial charge in [0, 0.05) is 24.2 Å². The zero-order valence-corrected chi connectivity index (χ0v) is 11.0. The van der Waals surface area contributed by atoms with Crippen molar-refractivity contribution < 1.29 is 9.18 Å². The zero-order chi connectivity index (χ0) is 12.7. The van der Waals surface area contributed by atoms with Gasteiger partial charge in [-0.2, -0.15) is 0 Å². The van der Waals surface area contributed by atoms with Gasteiger partial charge < -0.3 is 10.3 Å². The van der Waals surface area contributed by atoms with Crippen molar-refractivity contribution in [3.8, 4) is 11.1 Å². The molecule has 1 aromatic heterocycles. The van der Waals surface area contributed by atoms with E-state index in [0.717, 1.165) is 27.8 Å². The first-order chi connectivity index (χ1) is 8.66. The summed E-state index contributed by atoms with van der Waals surface area (Å²) in [5.74, 6) is -0.374. The largest absolute Gasteiger partial charge is 0.352 e. The van der Waals surface area contributed by atoms with Crippen molar-refractivity contribution in [2.24, 2.45) is 0 Å². The van der Waals surface area contributed by atoms with Gasteiger partial charge in [0.05, 0.1) is 10.2 Å². The van der Waals surface area contributed by atoms with E-state index in [1.165, 1.54) is 12.1 Å². The van der Waals surface area contributed by atoms with Gasteiger partial charge in [-0.1, -0.05) is 12.1 Å². The van der Waals surface area contributed by atoms with Gasteiger partial charge in [0.25, 0.3) is 5.91 Å². The molecule has 92 valence electrons. The second-order valence-corrected chi connectivity index (χ2v) is 4.97. The lowest BCUT2D eigenvalue weighted by molar-refractivity contribution is 0.0946. The quantitative estimate of drug-likeness (QED) is 0.836. The summed E-state index contributed by atoms with van der Waals surface area (Å²) in [4.78, 5) is 15.1. The first kappa shape index (κ1) is 11.5. The number of benzene rings is 1. The van der Waals surface area contributed by atoms with Gasteiger partial charge in [-0.25, -0.2) is 4.39 Å². The summed E-state index contributed by atoms with van der Waals surface area (Å²) in [6.45, 7) is 0.641. The number of carbonyl (C=O) groups is 1. The normalized spacial score (nSPS) is 14.2. The number of hydrogen-bond acceptors (Lipinski definition) is 1. The molecule has 1 aliphatic rings. The van der Waals surface area contributed by atoms with Crippen LogP contribution in [-0.2, 0) is 6.42 Å². The molecule has 0 radical (unpaired) electrons. The van der Waals surface area contributed by atoms with Gasteiger partial charge in [0.1, 0.15) is 5.82 Å². The Morgan fingerprint density at radius 2 is 1.89 bits per heavy atom. The minimum atomic E-state index is -0.288. The molecular formula is C13H10BrFN2O. The number of aromatic amines is 1. The number of H-pyrrole nitrogens is 1. The Balaban J connectivity index is 2.20. The molecular weight excluding hydrogens is 299 g/mol. The monoisotopic (exact) mass is 308 g/mol. The molecule has 0 unspecified atom stereocenters. The molecule has 2 heterocycles. The van der Waals surface area contributed by atoms with Crippen molar-refractivity contribution >= 4 is 21.8 Å². The third kappa shape index (κ3) is 1.75. The summed E-state index contributed by atoms with van der Waals surface area (Å²) in [6, 6.07) is 6.13. The average Bonchev–Trinajstić information content (AvgIpc) is 2.68. The standard InChI is InChI=1S/C13H10BrFN2O/c14-12-10(7-1-3-8(15)4-2-7)11-9(17-12)5-6-16-13(11)18/h1-4,17H,5-6H2,(H,16,18). The van der Waals surface area contributed by atoms with Crippen molar-refractivity contribution in [3.63, 3.8) is 0 Å². The molecule has 0 saturated heterocycles. The second-order valence-electron chi connectivity index (χ2n) is 4.18. The maximum atomic E-state index is 12.9. The molecule has 18 heavy (non-hydrogen) atoms. The van der Waals surface area contributed by atoms with Gasteiger partial charge in [-0.05, 0) is 33.6 Å². The maximum absolute atomic E-state index is 12.9. The van der Waals surface area contributed by atoms with E-state index >= 15 is 0 Å². The Bertz CT molecular complexity index is 619. The van der Waals surface area contributed by atoms with Crippen LogP contribution in [0.1, 0.15) is 16.1 Å². The third-order valence-corrected chi connectivity index (χ3v) is 3.65. The maximum Gasteiger partial charge on any atom is 0.253 e. The number of hydrogen-bond donors (Lipinski definition) is 2. The first-order valence-electron chi connectivity index (χ1n) is 5.61. The lowest BCUT2D eigenvalue weighted by atomic mass is 9.99. The summed E-state index contributed by atoms with van der Waals surface area (Å²) in [7, 11) is 0. The SMILES string of the molecule is O=C1NCCc2[nH]c(Br)c(-c3ccc(F)cc3)c21. The average molecular weight is 309 g/mol. The van der Waals surface area contributed by atoms with Crippen LogP contribution in [0.4, 0.5) is 4.39 Å². The number of rotatable bonds is 1. The molecule has 2 aromatic rings. The van der Waals surface area contributed by atoms with Crippen molar-refractivity contribution in [3.05, 3.63) is 45.9 Å². The van der Waals surface area contributed by atoms with Crippen LogP contribution >= 0.6 is 15.9 Å². The van der Waals surface area contributed by atoms with Crippen molar-refractivity contribution in [1.29, 1.82) is 0 Å².